The number of fused-ring (bicyclic) bond motifs is 1. The van der Waals surface area contributed by atoms with Crippen LogP contribution in [0, 0.1) is 11.8 Å². The Morgan fingerprint density at radius 2 is 2.00 bits per heavy atom. The number of likely N-dealkylation sites (tertiary alicyclic amines) is 1. The van der Waals surface area contributed by atoms with Crippen molar-refractivity contribution in [3.63, 3.8) is 0 Å². The number of carboxylic acid groups (broad SMARTS) is 1. The molecule has 0 bridgehead atoms. The molecule has 1 aromatic carbocycles. The minimum absolute atomic E-state index is 0.0931. The number of pyridine rings is 1. The minimum Gasteiger partial charge on any atom is -0.497 e. The number of aliphatic hydroxyl groups excluding tert-OH is 1. The molecule has 3 atom stereocenters. The summed E-state index contributed by atoms with van der Waals surface area (Å²) in [4.78, 5) is 18.9. The van der Waals surface area contributed by atoms with Gasteiger partial charge in [0.1, 0.15) is 5.75 Å². The van der Waals surface area contributed by atoms with E-state index in [-0.39, 0.29) is 11.8 Å². The summed E-state index contributed by atoms with van der Waals surface area (Å²) in [5, 5.41) is 22.6. The van der Waals surface area contributed by atoms with Crippen LogP contribution < -0.4 is 4.74 Å². The molecular weight excluding hydrogens is 460 g/mol. The Balaban J connectivity index is 1.30. The van der Waals surface area contributed by atoms with Crippen LogP contribution in [-0.4, -0.2) is 63.8 Å². The number of aliphatic hydroxyl groups is 1. The zero-order valence-corrected chi connectivity index (χ0v) is 21.7. The maximum Gasteiger partial charge on any atom is 0.308 e. The molecular formula is C28H40N2O4S. The van der Waals surface area contributed by atoms with Crippen LogP contribution in [0.2, 0.25) is 0 Å². The number of ether oxygens (including phenoxy) is 1. The van der Waals surface area contributed by atoms with Crippen LogP contribution in [0.15, 0.2) is 30.5 Å². The van der Waals surface area contributed by atoms with Gasteiger partial charge in [0, 0.05) is 35.7 Å². The van der Waals surface area contributed by atoms with Crippen molar-refractivity contribution in [1.29, 1.82) is 0 Å². The number of hydrogen-bond donors (Lipinski definition) is 2. The van der Waals surface area contributed by atoms with E-state index in [1.54, 1.807) is 13.3 Å². The van der Waals surface area contributed by atoms with E-state index in [2.05, 4.69) is 21.6 Å². The topological polar surface area (TPSA) is 82.9 Å². The number of aromatic nitrogens is 1. The van der Waals surface area contributed by atoms with Crippen LogP contribution in [0.3, 0.4) is 0 Å². The lowest BCUT2D eigenvalue weighted by Gasteiger charge is -2.37. The summed E-state index contributed by atoms with van der Waals surface area (Å²) in [5.74, 6) is 0.849. The number of carboxylic acids is 1. The van der Waals surface area contributed by atoms with Gasteiger partial charge in [-0.05, 0) is 74.4 Å². The maximum absolute atomic E-state index is 12.1. The van der Waals surface area contributed by atoms with Gasteiger partial charge in [-0.2, -0.15) is 11.8 Å². The van der Waals surface area contributed by atoms with E-state index < -0.39 is 12.1 Å². The first-order chi connectivity index (χ1) is 17.0. The molecule has 4 rings (SSSR count). The van der Waals surface area contributed by atoms with Gasteiger partial charge in [0.2, 0.25) is 0 Å². The number of benzene rings is 1. The number of hydrogen-bond acceptors (Lipinski definition) is 6. The van der Waals surface area contributed by atoms with Crippen molar-refractivity contribution in [2.45, 2.75) is 69.1 Å². The number of piperidine rings is 1. The van der Waals surface area contributed by atoms with Crippen LogP contribution in [0.25, 0.3) is 10.9 Å². The fourth-order valence-electron chi connectivity index (χ4n) is 5.75. The predicted octanol–water partition coefficient (Wildman–Crippen LogP) is 5.54. The fourth-order valence-corrected chi connectivity index (χ4v) is 7.11. The number of methoxy groups -OCH3 is 1. The summed E-state index contributed by atoms with van der Waals surface area (Å²) in [6.07, 6.45) is 11.4. The molecule has 0 spiro atoms. The minimum atomic E-state index is -0.704. The molecule has 7 heteroatoms. The summed E-state index contributed by atoms with van der Waals surface area (Å²) in [6.45, 7) is 2.55. The third kappa shape index (κ3) is 7.11. The van der Waals surface area contributed by atoms with Crippen molar-refractivity contribution in [3.05, 3.63) is 36.0 Å². The van der Waals surface area contributed by atoms with Crippen LogP contribution in [0.4, 0.5) is 0 Å². The largest absolute Gasteiger partial charge is 0.497 e. The van der Waals surface area contributed by atoms with Gasteiger partial charge in [-0.15, -0.1) is 0 Å². The molecule has 2 N–H and O–H groups in total. The Kier molecular flexibility index (Phi) is 9.69. The normalized spacial score (nSPS) is 23.1. The Bertz CT molecular complexity index is 963. The first-order valence-corrected chi connectivity index (χ1v) is 14.3. The van der Waals surface area contributed by atoms with E-state index in [4.69, 9.17) is 4.74 Å². The molecule has 2 aromatic rings. The first-order valence-electron chi connectivity index (χ1n) is 13.2. The highest BCUT2D eigenvalue weighted by molar-refractivity contribution is 7.99. The van der Waals surface area contributed by atoms with Crippen molar-refractivity contribution in [1.82, 2.24) is 9.88 Å². The molecule has 0 radical (unpaired) electrons. The monoisotopic (exact) mass is 500 g/mol. The van der Waals surface area contributed by atoms with Gasteiger partial charge in [-0.25, -0.2) is 0 Å². The van der Waals surface area contributed by atoms with Crippen LogP contribution in [-0.2, 0) is 4.79 Å². The summed E-state index contributed by atoms with van der Waals surface area (Å²) in [6, 6.07) is 7.53. The van der Waals surface area contributed by atoms with Crippen molar-refractivity contribution in [2.24, 2.45) is 11.8 Å². The van der Waals surface area contributed by atoms with Crippen LogP contribution >= 0.6 is 11.8 Å². The average molecular weight is 501 g/mol. The molecule has 1 saturated carbocycles. The molecule has 2 heterocycles. The molecule has 0 amide bonds. The molecule has 2 aliphatic rings. The highest BCUT2D eigenvalue weighted by atomic mass is 32.2. The predicted molar refractivity (Wildman–Crippen MR) is 142 cm³/mol. The highest BCUT2D eigenvalue weighted by Crippen LogP contribution is 2.34. The third-order valence-corrected chi connectivity index (χ3v) is 9.23. The van der Waals surface area contributed by atoms with Crippen molar-refractivity contribution >= 4 is 28.6 Å². The van der Waals surface area contributed by atoms with Gasteiger partial charge >= 0.3 is 5.97 Å². The maximum atomic E-state index is 12.1. The second kappa shape index (κ2) is 12.9. The lowest BCUT2D eigenvalue weighted by Crippen LogP contribution is -2.44. The molecule has 2 fully saturated rings. The molecule has 1 aliphatic heterocycles. The highest BCUT2D eigenvalue weighted by Gasteiger charge is 2.34. The van der Waals surface area contributed by atoms with Gasteiger partial charge < -0.3 is 19.8 Å². The fraction of sp³-hybridized carbons (Fsp3) is 0.643. The number of rotatable bonds is 10. The Hall–Kier alpha value is -1.83. The average Bonchev–Trinajstić information content (AvgIpc) is 3.15. The standard InChI is InChI=1S/C28H40N2O4S/c1-34-21-9-10-26-24(18-21)23(12-14-29-26)27(31)11-8-20-13-15-30(19-25(20)28(32)33)16-17-35-22-6-4-2-3-5-7-22/h9-10,12,14,18,20,22,25,27,31H,2-8,11,13,15-17,19H2,1H3,(H,32,33)/t20-,25+,27+/m1/s1. The quantitative estimate of drug-likeness (QED) is 0.415. The second-order valence-corrected chi connectivity index (χ2v) is 11.6. The van der Waals surface area contributed by atoms with E-state index in [1.165, 1.54) is 38.5 Å². The van der Waals surface area contributed by atoms with Gasteiger partial charge in [-0.1, -0.05) is 25.7 Å². The van der Waals surface area contributed by atoms with Gasteiger partial charge in [0.15, 0.2) is 0 Å². The number of carbonyl (C=O) groups is 1. The molecule has 1 aromatic heterocycles. The zero-order chi connectivity index (χ0) is 24.6. The molecule has 6 nitrogen and oxygen atoms in total. The lowest BCUT2D eigenvalue weighted by atomic mass is 9.81. The number of nitrogens with zero attached hydrogens (tertiary/aromatic N) is 2. The van der Waals surface area contributed by atoms with Crippen LogP contribution in [0.5, 0.6) is 5.75 Å². The van der Waals surface area contributed by atoms with E-state index in [0.29, 0.717) is 19.4 Å². The first kappa shape index (κ1) is 26.2. The van der Waals surface area contributed by atoms with E-state index in [0.717, 1.165) is 52.7 Å². The summed E-state index contributed by atoms with van der Waals surface area (Å²) in [7, 11) is 1.63. The SMILES string of the molecule is COc1ccc2nccc([C@@H](O)CC[C@@H]3CCN(CCSC4CCCCCC4)C[C@@H]3C(=O)O)c2c1. The van der Waals surface area contributed by atoms with E-state index >= 15 is 0 Å². The molecule has 0 unspecified atom stereocenters. The Morgan fingerprint density at radius 3 is 2.74 bits per heavy atom. The van der Waals surface area contributed by atoms with Crippen molar-refractivity contribution in [2.75, 3.05) is 32.5 Å². The Labute approximate surface area is 213 Å². The molecule has 35 heavy (non-hydrogen) atoms. The number of aliphatic carboxylic acids is 1. The van der Waals surface area contributed by atoms with Crippen molar-refractivity contribution in [3.8, 4) is 5.75 Å². The van der Waals surface area contributed by atoms with Gasteiger partial charge in [-0.3, -0.25) is 9.78 Å². The molecule has 1 aliphatic carbocycles. The second-order valence-electron chi connectivity index (χ2n) is 10.2. The number of thioether (sulfide) groups is 1. The van der Waals surface area contributed by atoms with E-state index in [1.807, 2.05) is 24.3 Å². The van der Waals surface area contributed by atoms with Gasteiger partial charge in [0.25, 0.3) is 0 Å². The van der Waals surface area contributed by atoms with Gasteiger partial charge in [0.05, 0.1) is 24.6 Å². The summed E-state index contributed by atoms with van der Waals surface area (Å²) in [5.41, 5.74) is 1.65. The summed E-state index contributed by atoms with van der Waals surface area (Å²) >= 11 is 2.09. The van der Waals surface area contributed by atoms with E-state index in [9.17, 15) is 15.0 Å². The van der Waals surface area contributed by atoms with Crippen LogP contribution in [0.1, 0.15) is 69.5 Å². The molecule has 192 valence electrons. The zero-order valence-electron chi connectivity index (χ0n) is 20.9. The smallest absolute Gasteiger partial charge is 0.308 e. The third-order valence-electron chi connectivity index (χ3n) is 7.87. The lowest BCUT2D eigenvalue weighted by molar-refractivity contribution is -0.146. The summed E-state index contributed by atoms with van der Waals surface area (Å²) < 4.78 is 5.35. The van der Waals surface area contributed by atoms with Crippen molar-refractivity contribution < 1.29 is 19.7 Å². The Morgan fingerprint density at radius 1 is 1.20 bits per heavy atom. The molecule has 1 saturated heterocycles.